The van der Waals surface area contributed by atoms with E-state index in [2.05, 4.69) is 20.6 Å². The molecule has 104 valence electrons. The molecule has 4 nitrogen and oxygen atoms in total. The molecule has 0 atom stereocenters. The first-order valence-corrected chi connectivity index (χ1v) is 8.03. The van der Waals surface area contributed by atoms with E-state index in [1.54, 1.807) is 11.8 Å². The van der Waals surface area contributed by atoms with Gasteiger partial charge in [-0.15, -0.1) is 0 Å². The van der Waals surface area contributed by atoms with Crippen LogP contribution in [0.25, 0.3) is 0 Å². The minimum atomic E-state index is 0.709. The number of nitrogens with zero attached hydrogens (tertiary/aromatic N) is 2. The minimum Gasteiger partial charge on any atom is -0.340 e. The average molecular weight is 307 g/mol. The van der Waals surface area contributed by atoms with E-state index in [0.717, 1.165) is 47.4 Å². The van der Waals surface area contributed by atoms with Crippen molar-refractivity contribution in [2.75, 3.05) is 18.1 Å². The van der Waals surface area contributed by atoms with Gasteiger partial charge < -0.3 is 10.6 Å². The molecule has 0 radical (unpaired) electrons. The van der Waals surface area contributed by atoms with Gasteiger partial charge in [0.05, 0.1) is 5.69 Å². The molecule has 1 aliphatic heterocycles. The van der Waals surface area contributed by atoms with E-state index in [0.29, 0.717) is 5.02 Å². The van der Waals surface area contributed by atoms with Crippen LogP contribution in [0.4, 0.5) is 11.5 Å². The van der Waals surface area contributed by atoms with Gasteiger partial charge in [0.2, 0.25) is 0 Å². The number of aromatic nitrogens is 2. The summed E-state index contributed by atoms with van der Waals surface area (Å²) in [6.45, 7) is 1.77. The zero-order valence-corrected chi connectivity index (χ0v) is 12.7. The Bertz CT molecular complexity index is 633. The van der Waals surface area contributed by atoms with Crippen molar-refractivity contribution < 1.29 is 0 Å². The molecule has 0 unspecified atom stereocenters. The molecule has 1 aliphatic rings. The van der Waals surface area contributed by atoms with Gasteiger partial charge in [-0.1, -0.05) is 29.4 Å². The topological polar surface area (TPSA) is 49.8 Å². The Labute approximate surface area is 127 Å². The summed E-state index contributed by atoms with van der Waals surface area (Å²) >= 11 is 7.58. The molecule has 1 aromatic heterocycles. The van der Waals surface area contributed by atoms with Crippen LogP contribution in [0.15, 0.2) is 29.4 Å². The number of rotatable bonds is 3. The largest absolute Gasteiger partial charge is 0.340 e. The van der Waals surface area contributed by atoms with E-state index in [1.807, 2.05) is 30.5 Å². The fourth-order valence-corrected chi connectivity index (χ4v) is 2.79. The maximum atomic E-state index is 6.02. The number of halogens is 1. The van der Waals surface area contributed by atoms with Gasteiger partial charge >= 0.3 is 0 Å². The zero-order valence-electron chi connectivity index (χ0n) is 11.1. The highest BCUT2D eigenvalue weighted by Gasteiger charge is 2.17. The first kappa shape index (κ1) is 13.7. The van der Waals surface area contributed by atoms with Crippen molar-refractivity contribution in [3.63, 3.8) is 0 Å². The monoisotopic (exact) mass is 306 g/mol. The van der Waals surface area contributed by atoms with Crippen molar-refractivity contribution in [1.29, 1.82) is 0 Å². The van der Waals surface area contributed by atoms with E-state index in [4.69, 9.17) is 11.6 Å². The zero-order chi connectivity index (χ0) is 13.9. The molecule has 1 aromatic carbocycles. The van der Waals surface area contributed by atoms with Crippen LogP contribution in [0.5, 0.6) is 0 Å². The molecule has 0 spiro atoms. The van der Waals surface area contributed by atoms with Crippen LogP contribution in [0.2, 0.25) is 5.02 Å². The summed E-state index contributed by atoms with van der Waals surface area (Å²) in [6, 6.07) is 7.66. The Morgan fingerprint density at radius 2 is 2.25 bits per heavy atom. The van der Waals surface area contributed by atoms with Crippen molar-refractivity contribution in [2.45, 2.75) is 18.1 Å². The summed E-state index contributed by atoms with van der Waals surface area (Å²) in [6.07, 6.45) is 2.93. The van der Waals surface area contributed by atoms with Crippen molar-refractivity contribution >= 4 is 34.9 Å². The molecule has 0 saturated carbocycles. The van der Waals surface area contributed by atoms with Gasteiger partial charge in [0.15, 0.2) is 5.16 Å². The first-order valence-electron chi connectivity index (χ1n) is 6.43. The Morgan fingerprint density at radius 3 is 3.05 bits per heavy atom. The second-order valence-corrected chi connectivity index (χ2v) is 5.76. The molecule has 0 bridgehead atoms. The standard InChI is InChI=1S/C14H15ClN4S/c1-20-14-18-12-5-6-16-8-11(12)13(19-14)17-10-4-2-3-9(15)7-10/h2-4,7,16H,5-6,8H2,1H3,(H,17,18,19). The van der Waals surface area contributed by atoms with E-state index in [1.165, 1.54) is 0 Å². The van der Waals surface area contributed by atoms with Crippen molar-refractivity contribution in [2.24, 2.45) is 0 Å². The predicted octanol–water partition coefficient (Wildman–Crippen LogP) is 3.24. The Kier molecular flexibility index (Phi) is 4.10. The van der Waals surface area contributed by atoms with Gasteiger partial charge in [-0.3, -0.25) is 0 Å². The second kappa shape index (κ2) is 5.99. The van der Waals surface area contributed by atoms with Crippen LogP contribution in [-0.4, -0.2) is 22.8 Å². The van der Waals surface area contributed by atoms with E-state index < -0.39 is 0 Å². The first-order chi connectivity index (χ1) is 9.76. The third-order valence-corrected chi connectivity index (χ3v) is 3.97. The number of nitrogens with one attached hydrogen (secondary N) is 2. The van der Waals surface area contributed by atoms with Gasteiger partial charge in [0, 0.05) is 35.8 Å². The summed E-state index contributed by atoms with van der Waals surface area (Å²) in [5, 5.41) is 8.23. The quantitative estimate of drug-likeness (QED) is 0.673. The van der Waals surface area contributed by atoms with Crippen molar-refractivity contribution in [1.82, 2.24) is 15.3 Å². The summed E-state index contributed by atoms with van der Waals surface area (Å²) in [4.78, 5) is 9.18. The number of benzene rings is 1. The lowest BCUT2D eigenvalue weighted by molar-refractivity contribution is 0.619. The summed E-state index contributed by atoms with van der Waals surface area (Å²) in [7, 11) is 0. The SMILES string of the molecule is CSc1nc2c(c(Nc3cccc(Cl)c3)n1)CNCC2. The molecule has 2 aromatic rings. The van der Waals surface area contributed by atoms with Crippen LogP contribution in [0.1, 0.15) is 11.3 Å². The number of fused-ring (bicyclic) bond motifs is 1. The molecule has 2 N–H and O–H groups in total. The van der Waals surface area contributed by atoms with Crippen LogP contribution < -0.4 is 10.6 Å². The molecule has 2 heterocycles. The molecule has 6 heteroatoms. The maximum absolute atomic E-state index is 6.02. The Balaban J connectivity index is 1.99. The maximum Gasteiger partial charge on any atom is 0.189 e. The van der Waals surface area contributed by atoms with Crippen LogP contribution >= 0.6 is 23.4 Å². The molecular weight excluding hydrogens is 292 g/mol. The summed E-state index contributed by atoms with van der Waals surface area (Å²) < 4.78 is 0. The van der Waals surface area contributed by atoms with Gasteiger partial charge in [0.25, 0.3) is 0 Å². The van der Waals surface area contributed by atoms with Crippen molar-refractivity contribution in [3.8, 4) is 0 Å². The van der Waals surface area contributed by atoms with E-state index in [-0.39, 0.29) is 0 Å². The highest BCUT2D eigenvalue weighted by Crippen LogP contribution is 2.26. The van der Waals surface area contributed by atoms with Crippen LogP contribution in [0, 0.1) is 0 Å². The molecule has 20 heavy (non-hydrogen) atoms. The molecule has 0 saturated heterocycles. The van der Waals surface area contributed by atoms with Gasteiger partial charge in [-0.05, 0) is 24.5 Å². The fraction of sp³-hybridized carbons (Fsp3) is 0.286. The van der Waals surface area contributed by atoms with Crippen LogP contribution in [0.3, 0.4) is 0 Å². The van der Waals surface area contributed by atoms with Crippen LogP contribution in [-0.2, 0) is 13.0 Å². The Morgan fingerprint density at radius 1 is 1.35 bits per heavy atom. The van der Waals surface area contributed by atoms with E-state index in [9.17, 15) is 0 Å². The molecule has 0 fully saturated rings. The predicted molar refractivity (Wildman–Crippen MR) is 84.0 cm³/mol. The van der Waals surface area contributed by atoms with Gasteiger partial charge in [-0.25, -0.2) is 9.97 Å². The normalized spacial score (nSPS) is 13.9. The van der Waals surface area contributed by atoms with E-state index >= 15 is 0 Å². The number of hydrogen-bond acceptors (Lipinski definition) is 5. The van der Waals surface area contributed by atoms with Gasteiger partial charge in [0.1, 0.15) is 5.82 Å². The number of hydrogen-bond donors (Lipinski definition) is 2. The average Bonchev–Trinajstić information content (AvgIpc) is 2.47. The number of anilines is 2. The van der Waals surface area contributed by atoms with Gasteiger partial charge in [-0.2, -0.15) is 0 Å². The highest BCUT2D eigenvalue weighted by atomic mass is 35.5. The lowest BCUT2D eigenvalue weighted by atomic mass is 10.1. The fourth-order valence-electron chi connectivity index (χ4n) is 2.22. The van der Waals surface area contributed by atoms with Crippen molar-refractivity contribution in [3.05, 3.63) is 40.5 Å². The number of thioether (sulfide) groups is 1. The summed E-state index contributed by atoms with van der Waals surface area (Å²) in [5.74, 6) is 0.869. The molecule has 0 aliphatic carbocycles. The molecule has 3 rings (SSSR count). The lowest BCUT2D eigenvalue weighted by Gasteiger charge is -2.20. The third-order valence-electron chi connectivity index (χ3n) is 3.18. The summed E-state index contributed by atoms with van der Waals surface area (Å²) in [5.41, 5.74) is 3.22. The smallest absolute Gasteiger partial charge is 0.189 e. The second-order valence-electron chi connectivity index (χ2n) is 4.55. The molecular formula is C14H15ClN4S. The molecule has 0 amide bonds. The highest BCUT2D eigenvalue weighted by molar-refractivity contribution is 7.98. The Hall–Kier alpha value is -1.30. The third kappa shape index (κ3) is 2.90. The lowest BCUT2D eigenvalue weighted by Crippen LogP contribution is -2.26. The minimum absolute atomic E-state index is 0.709.